The van der Waals surface area contributed by atoms with E-state index in [0.29, 0.717) is 6.54 Å². The maximum atomic E-state index is 13.3. The van der Waals surface area contributed by atoms with Gasteiger partial charge in [-0.3, -0.25) is 15.0 Å². The average molecular weight is 277 g/mol. The van der Waals surface area contributed by atoms with E-state index in [0.717, 1.165) is 0 Å². The second kappa shape index (κ2) is 7.73. The SMILES string of the molecule is C=CCNC(=O)CC(=C)NNC(=O)c1ccccc1F. The fourth-order valence-electron chi connectivity index (χ4n) is 1.34. The van der Waals surface area contributed by atoms with E-state index in [1.807, 2.05) is 0 Å². The Bertz CT molecular complexity index is 529. The van der Waals surface area contributed by atoms with Gasteiger partial charge in [0.25, 0.3) is 5.91 Å². The Kier molecular flexibility index (Phi) is 5.96. The molecule has 0 saturated carbocycles. The summed E-state index contributed by atoms with van der Waals surface area (Å²) in [6.45, 7) is 7.41. The molecule has 20 heavy (non-hydrogen) atoms. The minimum Gasteiger partial charge on any atom is -0.352 e. The molecule has 0 aliphatic rings. The highest BCUT2D eigenvalue weighted by molar-refractivity contribution is 5.94. The van der Waals surface area contributed by atoms with E-state index in [2.05, 4.69) is 29.3 Å². The normalized spacial score (nSPS) is 9.45. The second-order valence-electron chi connectivity index (χ2n) is 3.93. The van der Waals surface area contributed by atoms with Gasteiger partial charge in [0, 0.05) is 12.2 Å². The summed E-state index contributed by atoms with van der Waals surface area (Å²) in [6, 6.07) is 5.58. The van der Waals surface area contributed by atoms with Gasteiger partial charge in [0.05, 0.1) is 12.0 Å². The smallest absolute Gasteiger partial charge is 0.272 e. The molecule has 0 spiro atoms. The van der Waals surface area contributed by atoms with Crippen LogP contribution in [-0.2, 0) is 4.79 Å². The van der Waals surface area contributed by atoms with Crippen LogP contribution in [0.5, 0.6) is 0 Å². The zero-order chi connectivity index (χ0) is 15.0. The van der Waals surface area contributed by atoms with Gasteiger partial charge >= 0.3 is 0 Å². The third-order valence-corrected chi connectivity index (χ3v) is 2.29. The number of amides is 2. The lowest BCUT2D eigenvalue weighted by atomic mass is 10.2. The minimum absolute atomic E-state index is 0.00854. The van der Waals surface area contributed by atoms with Gasteiger partial charge in [-0.05, 0) is 12.1 Å². The Morgan fingerprint density at radius 1 is 1.25 bits per heavy atom. The Labute approximate surface area is 116 Å². The average Bonchev–Trinajstić information content (AvgIpc) is 2.43. The van der Waals surface area contributed by atoms with E-state index in [1.165, 1.54) is 18.2 Å². The van der Waals surface area contributed by atoms with Crippen molar-refractivity contribution in [2.24, 2.45) is 0 Å². The molecule has 0 radical (unpaired) electrons. The van der Waals surface area contributed by atoms with Crippen molar-refractivity contribution in [1.82, 2.24) is 16.2 Å². The molecule has 0 fully saturated rings. The molecule has 106 valence electrons. The predicted molar refractivity (Wildman–Crippen MR) is 74.0 cm³/mol. The van der Waals surface area contributed by atoms with Crippen LogP contribution in [0.1, 0.15) is 16.8 Å². The standard InChI is InChI=1S/C14H16FN3O2/c1-3-8-16-13(19)9-10(2)17-18-14(20)11-6-4-5-7-12(11)15/h3-7,17H,1-2,8-9H2,(H,16,19)(H,18,20). The first kappa shape index (κ1) is 15.4. The third kappa shape index (κ3) is 4.93. The molecule has 1 aromatic carbocycles. The number of carbonyl (C=O) groups excluding carboxylic acids is 2. The summed E-state index contributed by atoms with van der Waals surface area (Å²) in [5.41, 5.74) is 4.94. The van der Waals surface area contributed by atoms with Gasteiger partial charge in [0.2, 0.25) is 5.91 Å². The van der Waals surface area contributed by atoms with Crippen molar-refractivity contribution in [3.8, 4) is 0 Å². The first-order chi connectivity index (χ1) is 9.54. The van der Waals surface area contributed by atoms with Gasteiger partial charge in [-0.1, -0.05) is 24.8 Å². The maximum Gasteiger partial charge on any atom is 0.272 e. The first-order valence-electron chi connectivity index (χ1n) is 5.91. The summed E-state index contributed by atoms with van der Waals surface area (Å²) in [5.74, 6) is -1.53. The van der Waals surface area contributed by atoms with Gasteiger partial charge in [-0.2, -0.15) is 0 Å². The van der Waals surface area contributed by atoms with Gasteiger partial charge in [-0.25, -0.2) is 4.39 Å². The Hall–Kier alpha value is -2.63. The van der Waals surface area contributed by atoms with Crippen molar-refractivity contribution >= 4 is 11.8 Å². The van der Waals surface area contributed by atoms with E-state index < -0.39 is 11.7 Å². The molecule has 5 nitrogen and oxygen atoms in total. The lowest BCUT2D eigenvalue weighted by Crippen LogP contribution is -2.38. The summed E-state index contributed by atoms with van der Waals surface area (Å²) in [6.07, 6.45) is 1.54. The molecular formula is C14H16FN3O2. The van der Waals surface area contributed by atoms with Crippen molar-refractivity contribution in [2.45, 2.75) is 6.42 Å². The van der Waals surface area contributed by atoms with E-state index in [9.17, 15) is 14.0 Å². The van der Waals surface area contributed by atoms with Crippen LogP contribution in [0.3, 0.4) is 0 Å². The van der Waals surface area contributed by atoms with Gasteiger partial charge in [-0.15, -0.1) is 6.58 Å². The van der Waals surface area contributed by atoms with Crippen LogP contribution < -0.4 is 16.2 Å². The van der Waals surface area contributed by atoms with E-state index >= 15 is 0 Å². The summed E-state index contributed by atoms with van der Waals surface area (Å²) in [4.78, 5) is 23.0. The fraction of sp³-hybridized carbons (Fsp3) is 0.143. The van der Waals surface area contributed by atoms with Crippen LogP contribution in [0.15, 0.2) is 49.2 Å². The highest BCUT2D eigenvalue weighted by Crippen LogP contribution is 2.05. The van der Waals surface area contributed by atoms with Crippen LogP contribution in [0.25, 0.3) is 0 Å². The topological polar surface area (TPSA) is 70.2 Å². The summed E-state index contributed by atoms with van der Waals surface area (Å²) >= 11 is 0. The molecule has 1 rings (SSSR count). The number of hydrogen-bond donors (Lipinski definition) is 3. The van der Waals surface area contributed by atoms with E-state index in [-0.39, 0.29) is 23.6 Å². The zero-order valence-electron chi connectivity index (χ0n) is 10.9. The van der Waals surface area contributed by atoms with Crippen LogP contribution in [-0.4, -0.2) is 18.4 Å². The highest BCUT2D eigenvalue weighted by atomic mass is 19.1. The first-order valence-corrected chi connectivity index (χ1v) is 5.91. The molecule has 2 amide bonds. The molecule has 0 aromatic heterocycles. The fourth-order valence-corrected chi connectivity index (χ4v) is 1.34. The number of halogens is 1. The zero-order valence-corrected chi connectivity index (χ0v) is 10.9. The van der Waals surface area contributed by atoms with Gasteiger partial charge in [0.1, 0.15) is 5.82 Å². The molecule has 0 unspecified atom stereocenters. The summed E-state index contributed by atoms with van der Waals surface area (Å²) in [5, 5.41) is 2.56. The number of benzene rings is 1. The van der Waals surface area contributed by atoms with Crippen LogP contribution in [0.2, 0.25) is 0 Å². The molecule has 0 saturated heterocycles. The molecule has 1 aromatic rings. The number of hydrogen-bond acceptors (Lipinski definition) is 3. The lowest BCUT2D eigenvalue weighted by molar-refractivity contribution is -0.120. The third-order valence-electron chi connectivity index (χ3n) is 2.29. The summed E-state index contributed by atoms with van der Waals surface area (Å²) < 4.78 is 13.3. The largest absolute Gasteiger partial charge is 0.352 e. The van der Waals surface area contributed by atoms with Gasteiger partial charge in [0.15, 0.2) is 0 Å². The summed E-state index contributed by atoms with van der Waals surface area (Å²) in [7, 11) is 0. The Morgan fingerprint density at radius 2 is 1.95 bits per heavy atom. The van der Waals surface area contributed by atoms with Crippen molar-refractivity contribution < 1.29 is 14.0 Å². The molecule has 6 heteroatoms. The number of hydrazine groups is 1. The Balaban J connectivity index is 2.41. The molecule has 0 bridgehead atoms. The number of carbonyl (C=O) groups is 2. The maximum absolute atomic E-state index is 13.3. The Morgan fingerprint density at radius 3 is 2.60 bits per heavy atom. The quantitative estimate of drug-likeness (QED) is 0.519. The molecule has 0 aliphatic carbocycles. The molecule has 0 heterocycles. The van der Waals surface area contributed by atoms with Crippen LogP contribution in [0, 0.1) is 5.82 Å². The van der Waals surface area contributed by atoms with E-state index in [1.54, 1.807) is 12.1 Å². The molecule has 0 aliphatic heterocycles. The van der Waals surface area contributed by atoms with Crippen molar-refractivity contribution in [1.29, 1.82) is 0 Å². The highest BCUT2D eigenvalue weighted by Gasteiger charge is 2.10. The molecule has 3 N–H and O–H groups in total. The predicted octanol–water partition coefficient (Wildman–Crippen LogP) is 1.27. The number of nitrogens with one attached hydrogen (secondary N) is 3. The van der Waals surface area contributed by atoms with Crippen LogP contribution >= 0.6 is 0 Å². The molecule has 0 atom stereocenters. The van der Waals surface area contributed by atoms with Crippen molar-refractivity contribution in [2.75, 3.05) is 6.54 Å². The minimum atomic E-state index is -0.643. The second-order valence-corrected chi connectivity index (χ2v) is 3.93. The van der Waals surface area contributed by atoms with E-state index in [4.69, 9.17) is 0 Å². The van der Waals surface area contributed by atoms with Crippen molar-refractivity contribution in [3.05, 3.63) is 60.6 Å². The van der Waals surface area contributed by atoms with Crippen LogP contribution in [0.4, 0.5) is 4.39 Å². The lowest BCUT2D eigenvalue weighted by Gasteiger charge is -2.11. The van der Waals surface area contributed by atoms with Gasteiger partial charge < -0.3 is 10.7 Å². The van der Waals surface area contributed by atoms with Crippen molar-refractivity contribution in [3.63, 3.8) is 0 Å². The monoisotopic (exact) mass is 277 g/mol. The number of rotatable bonds is 7. The molecular weight excluding hydrogens is 261 g/mol.